The largest absolute Gasteiger partial charge is 0.490 e. The van der Waals surface area contributed by atoms with Gasteiger partial charge in [-0.2, -0.15) is 0 Å². The average Bonchev–Trinajstić information content (AvgIpc) is 2.81. The van der Waals surface area contributed by atoms with Gasteiger partial charge < -0.3 is 9.47 Å². The molecule has 4 rings (SSSR count). The zero-order valence-corrected chi connectivity index (χ0v) is 18.2. The Hall–Kier alpha value is -3.81. The van der Waals surface area contributed by atoms with E-state index >= 15 is 0 Å². The molecule has 0 fully saturated rings. The number of ether oxygens (including phenoxy) is 2. The van der Waals surface area contributed by atoms with Crippen molar-refractivity contribution < 1.29 is 24.0 Å². The summed E-state index contributed by atoms with van der Waals surface area (Å²) in [7, 11) is 0. The molecule has 0 N–H and O–H groups in total. The number of ketones is 1. The number of benzene rings is 2. The molecule has 0 saturated carbocycles. The van der Waals surface area contributed by atoms with Crippen molar-refractivity contribution >= 4 is 23.2 Å². The third-order valence-corrected chi connectivity index (χ3v) is 5.89. The Morgan fingerprint density at radius 2 is 1.82 bits per heavy atom. The van der Waals surface area contributed by atoms with Gasteiger partial charge in [0.05, 0.1) is 4.92 Å². The monoisotopic (exact) mass is 448 g/mol. The van der Waals surface area contributed by atoms with Crippen LogP contribution in [0.4, 0.5) is 5.69 Å². The number of non-ortho nitro benzene ring substituents is 1. The summed E-state index contributed by atoms with van der Waals surface area (Å²) in [6.07, 6.45) is 1.77. The zero-order valence-electron chi connectivity index (χ0n) is 18.2. The molecule has 1 aliphatic carbocycles. The maximum Gasteiger partial charge on any atom is 0.315 e. The number of carbonyl (C=O) groups is 2. The Morgan fingerprint density at radius 1 is 1.09 bits per heavy atom. The number of nitro groups is 1. The molecular weight excluding hydrogens is 424 g/mol. The number of hydrogen-bond acceptors (Lipinski definition) is 7. The summed E-state index contributed by atoms with van der Waals surface area (Å²) in [6.45, 7) is 1.99. The maximum atomic E-state index is 13.2. The average molecular weight is 448 g/mol. The minimum Gasteiger partial charge on any atom is -0.490 e. The van der Waals surface area contributed by atoms with E-state index in [2.05, 4.69) is 4.99 Å². The van der Waals surface area contributed by atoms with Crippen LogP contribution >= 0.6 is 0 Å². The topological polar surface area (TPSA) is 108 Å². The third kappa shape index (κ3) is 4.84. The van der Waals surface area contributed by atoms with Gasteiger partial charge in [-0.3, -0.25) is 24.7 Å². The summed E-state index contributed by atoms with van der Waals surface area (Å²) in [4.78, 5) is 41.2. The molecule has 0 aromatic heterocycles. The van der Waals surface area contributed by atoms with E-state index in [1.165, 1.54) is 12.1 Å². The molecule has 0 amide bonds. The molecule has 0 spiro atoms. The van der Waals surface area contributed by atoms with Crippen molar-refractivity contribution in [3.05, 3.63) is 81.5 Å². The molecule has 170 valence electrons. The van der Waals surface area contributed by atoms with Gasteiger partial charge in [-0.1, -0.05) is 30.3 Å². The van der Waals surface area contributed by atoms with Gasteiger partial charge in [0.1, 0.15) is 24.9 Å². The second-order valence-electron chi connectivity index (χ2n) is 8.02. The first-order valence-corrected chi connectivity index (χ1v) is 10.9. The van der Waals surface area contributed by atoms with E-state index < -0.39 is 22.7 Å². The molecule has 2 aliphatic rings. The molecular formula is C25H24N2O6. The van der Waals surface area contributed by atoms with Gasteiger partial charge >= 0.3 is 5.97 Å². The molecule has 1 heterocycles. The van der Waals surface area contributed by atoms with Crippen molar-refractivity contribution in [3.63, 3.8) is 0 Å². The van der Waals surface area contributed by atoms with Crippen molar-refractivity contribution in [1.29, 1.82) is 0 Å². The van der Waals surface area contributed by atoms with Crippen LogP contribution in [-0.4, -0.2) is 35.6 Å². The van der Waals surface area contributed by atoms with Crippen LogP contribution in [-0.2, 0) is 14.3 Å². The summed E-state index contributed by atoms with van der Waals surface area (Å²) in [5, 5.41) is 11.1. The first-order chi connectivity index (χ1) is 16.0. The van der Waals surface area contributed by atoms with Crippen molar-refractivity contribution in [2.75, 3.05) is 13.2 Å². The second kappa shape index (κ2) is 9.77. The first kappa shape index (κ1) is 22.4. The fraction of sp³-hybridized carbons (Fsp3) is 0.320. The first-order valence-electron chi connectivity index (χ1n) is 10.9. The van der Waals surface area contributed by atoms with E-state index in [-0.39, 0.29) is 24.7 Å². The Labute approximate surface area is 191 Å². The number of para-hydroxylation sites is 1. The van der Waals surface area contributed by atoms with E-state index in [1.807, 2.05) is 30.3 Å². The minimum absolute atomic E-state index is 0.0407. The second-order valence-corrected chi connectivity index (χ2v) is 8.02. The molecule has 8 nitrogen and oxygen atoms in total. The lowest BCUT2D eigenvalue weighted by Gasteiger charge is -2.34. The minimum atomic E-state index is -0.788. The summed E-state index contributed by atoms with van der Waals surface area (Å²) in [5.41, 5.74) is 2.38. The van der Waals surface area contributed by atoms with E-state index in [0.29, 0.717) is 47.6 Å². The van der Waals surface area contributed by atoms with E-state index in [0.717, 1.165) is 0 Å². The van der Waals surface area contributed by atoms with E-state index in [4.69, 9.17) is 9.47 Å². The Balaban J connectivity index is 1.57. The number of carbonyl (C=O) groups excluding carboxylic acids is 2. The van der Waals surface area contributed by atoms with Gasteiger partial charge in [-0.05, 0) is 37.5 Å². The van der Waals surface area contributed by atoms with Crippen LogP contribution < -0.4 is 4.74 Å². The summed E-state index contributed by atoms with van der Waals surface area (Å²) in [5.74, 6) is -1.24. The number of hydrogen-bond donors (Lipinski definition) is 0. The molecule has 8 heteroatoms. The zero-order chi connectivity index (χ0) is 23.4. The summed E-state index contributed by atoms with van der Waals surface area (Å²) in [6, 6.07) is 15.2. The van der Waals surface area contributed by atoms with Crippen LogP contribution in [0.5, 0.6) is 5.75 Å². The van der Waals surface area contributed by atoms with Crippen molar-refractivity contribution in [2.45, 2.75) is 32.1 Å². The van der Waals surface area contributed by atoms with Crippen LogP contribution in [0.2, 0.25) is 0 Å². The molecule has 0 radical (unpaired) electrons. The highest BCUT2D eigenvalue weighted by atomic mass is 16.6. The van der Waals surface area contributed by atoms with Crippen molar-refractivity contribution in [1.82, 2.24) is 0 Å². The number of rotatable bonds is 7. The lowest BCUT2D eigenvalue weighted by atomic mass is 9.72. The van der Waals surface area contributed by atoms with Crippen LogP contribution in [0.25, 0.3) is 0 Å². The van der Waals surface area contributed by atoms with E-state index in [9.17, 15) is 19.7 Å². The summed E-state index contributed by atoms with van der Waals surface area (Å²) >= 11 is 0. The van der Waals surface area contributed by atoms with Crippen LogP contribution in [0.1, 0.15) is 37.7 Å². The predicted molar refractivity (Wildman–Crippen MR) is 121 cm³/mol. The standard InChI is InChI=1S/C25H24N2O6/c1-16-22(25(29)33-15-14-32-19-6-3-2-4-7-19)23(17-10-12-18(13-11-17)27(30)31)24-20(26-16)8-5-9-21(24)28/h2-4,6-7,10-13,22-23H,5,8-9,14-15H2,1H3. The smallest absolute Gasteiger partial charge is 0.315 e. The SMILES string of the molecule is CC1=NC2=C(C(=O)CCC2)C(c2ccc([N+](=O)[O-])cc2)C1C(=O)OCCOc1ccccc1. The number of esters is 1. The Kier molecular flexibility index (Phi) is 6.63. The summed E-state index contributed by atoms with van der Waals surface area (Å²) < 4.78 is 11.1. The van der Waals surface area contributed by atoms with Gasteiger partial charge in [0.2, 0.25) is 0 Å². The molecule has 33 heavy (non-hydrogen) atoms. The predicted octanol–water partition coefficient (Wildman–Crippen LogP) is 4.40. The molecule has 1 aliphatic heterocycles. The maximum absolute atomic E-state index is 13.2. The lowest BCUT2D eigenvalue weighted by Crippen LogP contribution is -2.37. The van der Waals surface area contributed by atoms with Crippen molar-refractivity contribution in [2.24, 2.45) is 10.9 Å². The third-order valence-electron chi connectivity index (χ3n) is 5.89. The molecule has 2 aromatic carbocycles. The normalized spacial score (nSPS) is 20.0. The fourth-order valence-corrected chi connectivity index (χ4v) is 4.38. The lowest BCUT2D eigenvalue weighted by molar-refractivity contribution is -0.384. The highest BCUT2D eigenvalue weighted by Crippen LogP contribution is 2.43. The molecule has 0 bridgehead atoms. The number of allylic oxidation sites excluding steroid dienone is 2. The Morgan fingerprint density at radius 3 is 2.52 bits per heavy atom. The van der Waals surface area contributed by atoms with Gasteiger partial charge in [-0.25, -0.2) is 0 Å². The van der Waals surface area contributed by atoms with Gasteiger partial charge in [0, 0.05) is 41.5 Å². The number of nitrogens with zero attached hydrogens (tertiary/aromatic N) is 2. The molecule has 2 aromatic rings. The van der Waals surface area contributed by atoms with Crippen molar-refractivity contribution in [3.8, 4) is 5.75 Å². The highest BCUT2D eigenvalue weighted by Gasteiger charge is 2.43. The van der Waals surface area contributed by atoms with Gasteiger partial charge in [-0.15, -0.1) is 0 Å². The quantitative estimate of drug-likeness (QED) is 0.269. The van der Waals surface area contributed by atoms with Gasteiger partial charge in [0.25, 0.3) is 5.69 Å². The van der Waals surface area contributed by atoms with E-state index in [1.54, 1.807) is 19.1 Å². The molecule has 2 atom stereocenters. The van der Waals surface area contributed by atoms with Crippen LogP contribution in [0, 0.1) is 16.0 Å². The molecule has 0 saturated heterocycles. The van der Waals surface area contributed by atoms with Gasteiger partial charge in [0.15, 0.2) is 5.78 Å². The fourth-order valence-electron chi connectivity index (χ4n) is 4.38. The number of nitro benzene ring substituents is 1. The molecule has 2 unspecified atom stereocenters. The number of Topliss-reactive ketones (excluding diaryl/α,β-unsaturated/α-hetero) is 1. The Bertz CT molecular complexity index is 1120. The van der Waals surface area contributed by atoms with Crippen LogP contribution in [0.15, 0.2) is 70.9 Å². The highest BCUT2D eigenvalue weighted by molar-refractivity contribution is 6.08. The van der Waals surface area contributed by atoms with Crippen LogP contribution in [0.3, 0.4) is 0 Å². The number of aliphatic imine (C=N–C) groups is 1.